The summed E-state index contributed by atoms with van der Waals surface area (Å²) in [6.07, 6.45) is 2.16. The summed E-state index contributed by atoms with van der Waals surface area (Å²) in [5.41, 5.74) is 5.08. The first-order valence-corrected chi connectivity index (χ1v) is 5.82. The van der Waals surface area contributed by atoms with Crippen molar-refractivity contribution in [1.82, 2.24) is 0 Å². The average molecular weight is 231 g/mol. The zero-order valence-corrected chi connectivity index (χ0v) is 9.78. The van der Waals surface area contributed by atoms with Crippen LogP contribution in [0.15, 0.2) is 0 Å². The number of nitrogens with two attached hydrogens (primary N) is 1. The molecule has 0 aliphatic carbocycles. The third-order valence-corrected chi connectivity index (χ3v) is 2.88. The predicted octanol–water partition coefficient (Wildman–Crippen LogP) is 0.764. The molecule has 2 atom stereocenters. The molecular weight excluding hydrogens is 210 g/mol. The van der Waals surface area contributed by atoms with E-state index in [9.17, 15) is 4.79 Å². The molecule has 1 rings (SSSR count). The molecule has 0 radical (unpaired) electrons. The zero-order chi connectivity index (χ0) is 12.0. The Morgan fingerprint density at radius 2 is 2.44 bits per heavy atom. The Kier molecular flexibility index (Phi) is 5.18. The van der Waals surface area contributed by atoms with Crippen molar-refractivity contribution in [1.29, 1.82) is 0 Å². The number of carbonyl (C=O) groups is 1. The molecule has 16 heavy (non-hydrogen) atoms. The molecule has 0 aromatic carbocycles. The molecule has 2 unspecified atom stereocenters. The van der Waals surface area contributed by atoms with E-state index in [0.717, 1.165) is 19.3 Å². The van der Waals surface area contributed by atoms with Crippen LogP contribution < -0.4 is 5.73 Å². The number of hydrogen-bond acceptors (Lipinski definition) is 4. The fraction of sp³-hybridized carbons (Fsp3) is 0.909. The smallest absolute Gasteiger partial charge is 0.332 e. The standard InChI is InChI=1S/C11H21NO4/c1-2-4-9(10(13)14)16-11(7-12)5-3-6-15-8-11/h9H,2-8,12H2,1H3,(H,13,14). The Morgan fingerprint density at radius 3 is 2.88 bits per heavy atom. The van der Waals surface area contributed by atoms with E-state index in [2.05, 4.69) is 0 Å². The van der Waals surface area contributed by atoms with Gasteiger partial charge in [0, 0.05) is 13.2 Å². The van der Waals surface area contributed by atoms with Crippen LogP contribution in [0.25, 0.3) is 0 Å². The first kappa shape index (κ1) is 13.4. The largest absolute Gasteiger partial charge is 0.479 e. The highest BCUT2D eigenvalue weighted by atomic mass is 16.6. The van der Waals surface area contributed by atoms with Crippen molar-refractivity contribution in [2.75, 3.05) is 19.8 Å². The van der Waals surface area contributed by atoms with Crippen molar-refractivity contribution < 1.29 is 19.4 Å². The van der Waals surface area contributed by atoms with Gasteiger partial charge in [0.05, 0.1) is 6.61 Å². The molecule has 3 N–H and O–H groups in total. The molecule has 0 bridgehead atoms. The SMILES string of the molecule is CCCC(OC1(CN)CCCOC1)C(=O)O. The van der Waals surface area contributed by atoms with Crippen LogP contribution in [0.3, 0.4) is 0 Å². The maximum Gasteiger partial charge on any atom is 0.332 e. The van der Waals surface area contributed by atoms with Crippen molar-refractivity contribution >= 4 is 5.97 Å². The Balaban J connectivity index is 2.61. The molecule has 0 saturated carbocycles. The summed E-state index contributed by atoms with van der Waals surface area (Å²) in [5, 5.41) is 9.04. The first-order chi connectivity index (χ1) is 7.63. The van der Waals surface area contributed by atoms with Crippen LogP contribution in [0.4, 0.5) is 0 Å². The molecule has 5 heteroatoms. The van der Waals surface area contributed by atoms with Crippen LogP contribution in [0.5, 0.6) is 0 Å². The lowest BCUT2D eigenvalue weighted by Crippen LogP contribution is -2.51. The average Bonchev–Trinajstić information content (AvgIpc) is 2.29. The zero-order valence-electron chi connectivity index (χ0n) is 9.78. The van der Waals surface area contributed by atoms with E-state index in [1.165, 1.54) is 0 Å². The van der Waals surface area contributed by atoms with Crippen molar-refractivity contribution in [2.24, 2.45) is 5.73 Å². The molecule has 94 valence electrons. The Bertz CT molecular complexity index is 226. The van der Waals surface area contributed by atoms with Gasteiger partial charge in [0.1, 0.15) is 5.60 Å². The van der Waals surface area contributed by atoms with E-state index in [1.54, 1.807) is 0 Å². The molecule has 5 nitrogen and oxygen atoms in total. The number of carboxylic acid groups (broad SMARTS) is 1. The topological polar surface area (TPSA) is 81.8 Å². The first-order valence-electron chi connectivity index (χ1n) is 5.82. The lowest BCUT2D eigenvalue weighted by Gasteiger charge is -2.37. The van der Waals surface area contributed by atoms with Crippen LogP contribution in [0.1, 0.15) is 32.6 Å². The highest BCUT2D eigenvalue weighted by Crippen LogP contribution is 2.25. The Hall–Kier alpha value is -0.650. The summed E-state index contributed by atoms with van der Waals surface area (Å²) in [7, 11) is 0. The number of carboxylic acids is 1. The molecule has 1 fully saturated rings. The Morgan fingerprint density at radius 1 is 1.69 bits per heavy atom. The second-order valence-electron chi connectivity index (χ2n) is 4.28. The van der Waals surface area contributed by atoms with E-state index < -0.39 is 17.7 Å². The van der Waals surface area contributed by atoms with Gasteiger partial charge in [-0.2, -0.15) is 0 Å². The lowest BCUT2D eigenvalue weighted by atomic mass is 9.96. The van der Waals surface area contributed by atoms with Gasteiger partial charge in [-0.15, -0.1) is 0 Å². The fourth-order valence-electron chi connectivity index (χ4n) is 1.93. The van der Waals surface area contributed by atoms with Crippen molar-refractivity contribution in [3.05, 3.63) is 0 Å². The van der Waals surface area contributed by atoms with E-state index in [0.29, 0.717) is 26.2 Å². The maximum atomic E-state index is 11.0. The fourth-order valence-corrected chi connectivity index (χ4v) is 1.93. The van der Waals surface area contributed by atoms with E-state index in [1.807, 2.05) is 6.92 Å². The van der Waals surface area contributed by atoms with Gasteiger partial charge < -0.3 is 20.3 Å². The van der Waals surface area contributed by atoms with Crippen LogP contribution >= 0.6 is 0 Å². The van der Waals surface area contributed by atoms with Crippen molar-refractivity contribution in [3.8, 4) is 0 Å². The van der Waals surface area contributed by atoms with E-state index >= 15 is 0 Å². The highest BCUT2D eigenvalue weighted by Gasteiger charge is 2.36. The van der Waals surface area contributed by atoms with Crippen LogP contribution in [0, 0.1) is 0 Å². The van der Waals surface area contributed by atoms with Gasteiger partial charge in [-0.3, -0.25) is 0 Å². The van der Waals surface area contributed by atoms with Crippen LogP contribution in [0.2, 0.25) is 0 Å². The minimum absolute atomic E-state index is 0.306. The lowest BCUT2D eigenvalue weighted by molar-refractivity contribution is -0.181. The quantitative estimate of drug-likeness (QED) is 0.705. The molecule has 1 saturated heterocycles. The number of ether oxygens (including phenoxy) is 2. The minimum atomic E-state index is -0.916. The summed E-state index contributed by atoms with van der Waals surface area (Å²) >= 11 is 0. The molecule has 1 aliphatic heterocycles. The normalized spacial score (nSPS) is 27.6. The summed E-state index contributed by atoms with van der Waals surface area (Å²) in [5.74, 6) is -0.916. The second kappa shape index (κ2) is 6.18. The van der Waals surface area contributed by atoms with Crippen LogP contribution in [-0.4, -0.2) is 42.5 Å². The van der Waals surface area contributed by atoms with Gasteiger partial charge in [-0.05, 0) is 19.3 Å². The molecule has 0 spiro atoms. The molecule has 0 aromatic rings. The molecule has 0 amide bonds. The summed E-state index contributed by atoms with van der Waals surface area (Å²) < 4.78 is 11.0. The molecule has 1 heterocycles. The monoisotopic (exact) mass is 231 g/mol. The van der Waals surface area contributed by atoms with Gasteiger partial charge in [0.2, 0.25) is 0 Å². The minimum Gasteiger partial charge on any atom is -0.479 e. The molecular formula is C11H21NO4. The van der Waals surface area contributed by atoms with Gasteiger partial charge in [0.25, 0.3) is 0 Å². The third-order valence-electron chi connectivity index (χ3n) is 2.88. The summed E-state index contributed by atoms with van der Waals surface area (Å²) in [6, 6.07) is 0. The summed E-state index contributed by atoms with van der Waals surface area (Å²) in [6.45, 7) is 3.35. The van der Waals surface area contributed by atoms with Gasteiger partial charge >= 0.3 is 5.97 Å². The van der Waals surface area contributed by atoms with E-state index in [-0.39, 0.29) is 0 Å². The van der Waals surface area contributed by atoms with Crippen molar-refractivity contribution in [3.63, 3.8) is 0 Å². The highest BCUT2D eigenvalue weighted by molar-refractivity contribution is 5.72. The summed E-state index contributed by atoms with van der Waals surface area (Å²) in [4.78, 5) is 11.0. The predicted molar refractivity (Wildman–Crippen MR) is 59.3 cm³/mol. The second-order valence-corrected chi connectivity index (χ2v) is 4.28. The van der Waals surface area contributed by atoms with E-state index in [4.69, 9.17) is 20.3 Å². The van der Waals surface area contributed by atoms with Gasteiger partial charge in [0.15, 0.2) is 6.10 Å². The van der Waals surface area contributed by atoms with Gasteiger partial charge in [-0.25, -0.2) is 4.79 Å². The van der Waals surface area contributed by atoms with Crippen LogP contribution in [-0.2, 0) is 14.3 Å². The van der Waals surface area contributed by atoms with Gasteiger partial charge in [-0.1, -0.05) is 13.3 Å². The molecule has 1 aliphatic rings. The number of aliphatic carboxylic acids is 1. The molecule has 0 aromatic heterocycles. The van der Waals surface area contributed by atoms with Crippen molar-refractivity contribution in [2.45, 2.75) is 44.3 Å². The number of rotatable bonds is 6. The Labute approximate surface area is 95.9 Å². The number of hydrogen-bond donors (Lipinski definition) is 2. The maximum absolute atomic E-state index is 11.0. The third kappa shape index (κ3) is 3.43.